The van der Waals surface area contributed by atoms with Gasteiger partial charge in [0.1, 0.15) is 23.8 Å². The van der Waals surface area contributed by atoms with Crippen molar-refractivity contribution >= 4 is 17.8 Å². The van der Waals surface area contributed by atoms with Gasteiger partial charge in [-0.2, -0.15) is 0 Å². The van der Waals surface area contributed by atoms with Gasteiger partial charge in [-0.3, -0.25) is 9.59 Å². The number of methoxy groups -OCH3 is 1. The van der Waals surface area contributed by atoms with Crippen LogP contribution < -0.4 is 14.8 Å². The van der Waals surface area contributed by atoms with E-state index in [2.05, 4.69) is 10.3 Å². The number of benzene rings is 1. The molecule has 1 amide bonds. The van der Waals surface area contributed by atoms with E-state index >= 15 is 0 Å². The molecule has 1 fully saturated rings. The summed E-state index contributed by atoms with van der Waals surface area (Å²) in [6.07, 6.45) is 1.54. The molecule has 2 aromatic rings. The summed E-state index contributed by atoms with van der Waals surface area (Å²) >= 11 is 0. The van der Waals surface area contributed by atoms with Crippen molar-refractivity contribution in [3.63, 3.8) is 0 Å². The van der Waals surface area contributed by atoms with Crippen LogP contribution in [0.3, 0.4) is 0 Å². The molecule has 0 bridgehead atoms. The van der Waals surface area contributed by atoms with Gasteiger partial charge in [-0.05, 0) is 49.7 Å². The maximum absolute atomic E-state index is 14.6. The van der Waals surface area contributed by atoms with E-state index in [1.54, 1.807) is 6.92 Å². The van der Waals surface area contributed by atoms with Crippen LogP contribution in [0.25, 0.3) is 0 Å². The molecule has 4 atom stereocenters. The SMILES string of the molecule is COc1ccnc(C(=O)N[C@H]2CCC[C@H](Cc3ccc(F)cc3F)[C@@H](OCC(C)C)[C@H](C)OC2=O)c1OCOC(C)=O. The minimum absolute atomic E-state index is 0.0629. The van der Waals surface area contributed by atoms with Crippen LogP contribution in [-0.2, 0) is 30.2 Å². The van der Waals surface area contributed by atoms with Crippen LogP contribution in [0.15, 0.2) is 30.5 Å². The molecule has 0 saturated carbocycles. The summed E-state index contributed by atoms with van der Waals surface area (Å²) in [4.78, 5) is 41.8. The minimum Gasteiger partial charge on any atom is -0.493 e. The van der Waals surface area contributed by atoms with Gasteiger partial charge in [-0.15, -0.1) is 0 Å². The number of amides is 1. The summed E-state index contributed by atoms with van der Waals surface area (Å²) in [5.41, 5.74) is 0.164. The van der Waals surface area contributed by atoms with Crippen LogP contribution >= 0.6 is 0 Å². The van der Waals surface area contributed by atoms with Crippen molar-refractivity contribution in [3.05, 3.63) is 53.4 Å². The number of hydrogen-bond acceptors (Lipinski definition) is 9. The van der Waals surface area contributed by atoms with Crippen LogP contribution in [0.5, 0.6) is 11.5 Å². The molecular formula is C30H38F2N2O8. The van der Waals surface area contributed by atoms with Crippen LogP contribution in [0.2, 0.25) is 0 Å². The molecule has 0 aliphatic carbocycles. The van der Waals surface area contributed by atoms with Gasteiger partial charge in [0, 0.05) is 31.9 Å². The van der Waals surface area contributed by atoms with Gasteiger partial charge in [0.25, 0.3) is 5.91 Å². The van der Waals surface area contributed by atoms with Crippen molar-refractivity contribution in [2.75, 3.05) is 20.5 Å². The first-order valence-corrected chi connectivity index (χ1v) is 13.9. The zero-order chi connectivity index (χ0) is 30.8. The molecule has 1 aliphatic rings. The Kier molecular flexibility index (Phi) is 12.0. The fraction of sp³-hybridized carbons (Fsp3) is 0.533. The molecule has 0 radical (unpaired) electrons. The highest BCUT2D eigenvalue weighted by Crippen LogP contribution is 2.31. The first kappa shape index (κ1) is 32.7. The van der Waals surface area contributed by atoms with Gasteiger partial charge in [0.15, 0.2) is 17.2 Å². The van der Waals surface area contributed by atoms with Crippen molar-refractivity contribution in [3.8, 4) is 11.5 Å². The van der Waals surface area contributed by atoms with Crippen LogP contribution in [0, 0.1) is 23.5 Å². The van der Waals surface area contributed by atoms with Gasteiger partial charge < -0.3 is 29.0 Å². The van der Waals surface area contributed by atoms with Crippen molar-refractivity contribution in [1.82, 2.24) is 10.3 Å². The minimum atomic E-state index is -1.03. The predicted octanol–water partition coefficient (Wildman–Crippen LogP) is 4.38. The molecule has 1 aromatic carbocycles. The maximum Gasteiger partial charge on any atom is 0.329 e. The first-order valence-electron chi connectivity index (χ1n) is 13.9. The lowest BCUT2D eigenvalue weighted by Crippen LogP contribution is -2.45. The number of nitrogens with zero attached hydrogens (tertiary/aromatic N) is 1. The van der Waals surface area contributed by atoms with Crippen molar-refractivity contribution in [2.45, 2.75) is 71.6 Å². The lowest BCUT2D eigenvalue weighted by molar-refractivity contribution is -0.161. The Balaban J connectivity index is 1.81. The number of pyridine rings is 1. The molecule has 0 spiro atoms. The molecule has 42 heavy (non-hydrogen) atoms. The third-order valence-corrected chi connectivity index (χ3v) is 6.77. The molecule has 1 saturated heterocycles. The van der Waals surface area contributed by atoms with E-state index in [1.165, 1.54) is 38.4 Å². The topological polar surface area (TPSA) is 122 Å². The maximum atomic E-state index is 14.6. The number of carbonyl (C=O) groups excluding carboxylic acids is 3. The number of aromatic nitrogens is 1. The summed E-state index contributed by atoms with van der Waals surface area (Å²) in [5, 5.41) is 2.68. The smallest absolute Gasteiger partial charge is 0.329 e. The Morgan fingerprint density at radius 1 is 1.19 bits per heavy atom. The Bertz CT molecular complexity index is 1240. The number of ether oxygens (including phenoxy) is 5. The monoisotopic (exact) mass is 592 g/mol. The van der Waals surface area contributed by atoms with E-state index in [0.717, 1.165) is 6.07 Å². The highest BCUT2D eigenvalue weighted by Gasteiger charge is 2.36. The average molecular weight is 593 g/mol. The number of carbonyl (C=O) groups is 3. The normalized spacial score (nSPS) is 21.0. The van der Waals surface area contributed by atoms with Gasteiger partial charge in [0.2, 0.25) is 6.79 Å². The zero-order valence-electron chi connectivity index (χ0n) is 24.5. The zero-order valence-corrected chi connectivity index (χ0v) is 24.5. The molecule has 230 valence electrons. The Hall–Kier alpha value is -3.80. The molecule has 1 N–H and O–H groups in total. The third-order valence-electron chi connectivity index (χ3n) is 6.77. The standard InChI is InChI=1S/C30H38F2N2O8/c1-17(2)15-39-27-18(3)42-30(37)24(8-6-7-21(27)13-20-9-10-22(31)14-23(20)32)34-29(36)26-28(41-16-40-19(4)35)25(38-5)11-12-33-26/h9-12,14,17-18,21,24,27H,6-8,13,15-16H2,1-5H3,(H,34,36)/t18-,21+,24-,27-/m0/s1. The van der Waals surface area contributed by atoms with Crippen LogP contribution in [-0.4, -0.2) is 61.6 Å². The number of cyclic esters (lactones) is 1. The van der Waals surface area contributed by atoms with Crippen LogP contribution in [0.1, 0.15) is 63.0 Å². The molecule has 10 nitrogen and oxygen atoms in total. The Morgan fingerprint density at radius 2 is 1.95 bits per heavy atom. The number of esters is 2. The van der Waals surface area contributed by atoms with Gasteiger partial charge in [-0.1, -0.05) is 26.3 Å². The fourth-order valence-electron chi connectivity index (χ4n) is 4.77. The number of hydrogen-bond donors (Lipinski definition) is 1. The molecule has 2 heterocycles. The second-order valence-electron chi connectivity index (χ2n) is 10.6. The molecule has 1 aromatic heterocycles. The van der Waals surface area contributed by atoms with E-state index in [0.29, 0.717) is 25.0 Å². The summed E-state index contributed by atoms with van der Waals surface area (Å²) in [5.74, 6) is -3.21. The highest BCUT2D eigenvalue weighted by atomic mass is 19.1. The van der Waals surface area contributed by atoms with Gasteiger partial charge >= 0.3 is 11.9 Å². The van der Waals surface area contributed by atoms with E-state index in [4.69, 9.17) is 23.7 Å². The summed E-state index contributed by atoms with van der Waals surface area (Å²) in [7, 11) is 1.37. The lowest BCUT2D eigenvalue weighted by Gasteiger charge is -2.32. The number of rotatable bonds is 11. The molecule has 0 unspecified atom stereocenters. The number of nitrogens with one attached hydrogen (secondary N) is 1. The molecule has 3 rings (SSSR count). The molecular weight excluding hydrogens is 554 g/mol. The lowest BCUT2D eigenvalue weighted by atomic mass is 9.86. The van der Waals surface area contributed by atoms with Gasteiger partial charge in [0.05, 0.1) is 13.2 Å². The van der Waals surface area contributed by atoms with Crippen molar-refractivity contribution < 1.29 is 46.8 Å². The van der Waals surface area contributed by atoms with Gasteiger partial charge in [-0.25, -0.2) is 18.6 Å². The first-order chi connectivity index (χ1) is 20.0. The average Bonchev–Trinajstić information content (AvgIpc) is 2.97. The summed E-state index contributed by atoms with van der Waals surface area (Å²) < 4.78 is 55.6. The van der Waals surface area contributed by atoms with Crippen molar-refractivity contribution in [1.29, 1.82) is 0 Å². The number of halogens is 2. The predicted molar refractivity (Wildman–Crippen MR) is 147 cm³/mol. The van der Waals surface area contributed by atoms with Crippen LogP contribution in [0.4, 0.5) is 8.78 Å². The second kappa shape index (κ2) is 15.4. The van der Waals surface area contributed by atoms with Crippen molar-refractivity contribution in [2.24, 2.45) is 11.8 Å². The summed E-state index contributed by atoms with van der Waals surface area (Å²) in [6.45, 7) is 6.80. The quantitative estimate of drug-likeness (QED) is 0.299. The van der Waals surface area contributed by atoms with E-state index < -0.39 is 54.5 Å². The third kappa shape index (κ3) is 9.10. The fourth-order valence-corrected chi connectivity index (χ4v) is 4.77. The Labute approximate surface area is 244 Å². The second-order valence-corrected chi connectivity index (χ2v) is 10.6. The molecule has 1 aliphatic heterocycles. The van der Waals surface area contributed by atoms with E-state index in [1.807, 2.05) is 13.8 Å². The van der Waals surface area contributed by atoms with E-state index in [-0.39, 0.29) is 41.9 Å². The summed E-state index contributed by atoms with van der Waals surface area (Å²) in [6, 6.07) is 3.92. The largest absolute Gasteiger partial charge is 0.493 e. The van der Waals surface area contributed by atoms with E-state index in [9.17, 15) is 23.2 Å². The molecule has 12 heteroatoms. The Morgan fingerprint density at radius 3 is 2.62 bits per heavy atom. The highest BCUT2D eigenvalue weighted by molar-refractivity contribution is 5.98.